The molecule has 126 valence electrons. The Balaban J connectivity index is 1.54. The lowest BCUT2D eigenvalue weighted by molar-refractivity contribution is 0.0950. The highest BCUT2D eigenvalue weighted by Gasteiger charge is 2.14. The molecule has 0 bridgehead atoms. The minimum Gasteiger partial charge on any atom is -0.351 e. The first-order valence-electron chi connectivity index (χ1n) is 8.32. The molecular weight excluding hydrogens is 324 g/mol. The highest BCUT2D eigenvalue weighted by molar-refractivity contribution is 6.31. The van der Waals surface area contributed by atoms with Gasteiger partial charge in [0.15, 0.2) is 0 Å². The van der Waals surface area contributed by atoms with Gasteiger partial charge < -0.3 is 10.6 Å². The molecule has 0 aliphatic heterocycles. The molecule has 1 saturated carbocycles. The lowest BCUT2D eigenvalue weighted by atomic mass is 9.96. The second kappa shape index (κ2) is 8.11. The lowest BCUT2D eigenvalue weighted by Crippen LogP contribution is -2.25. The second-order valence-electron chi connectivity index (χ2n) is 6.05. The number of carbonyl (C=O) groups excluding carboxylic acids is 1. The summed E-state index contributed by atoms with van der Waals surface area (Å²) < 4.78 is 0. The largest absolute Gasteiger partial charge is 0.351 e. The highest BCUT2D eigenvalue weighted by Crippen LogP contribution is 2.20. The van der Waals surface area contributed by atoms with Gasteiger partial charge in [-0.05, 0) is 24.5 Å². The molecule has 0 radical (unpaired) electrons. The molecule has 0 atom stereocenters. The minimum atomic E-state index is -0.209. The predicted octanol–water partition coefficient (Wildman–Crippen LogP) is 3.80. The van der Waals surface area contributed by atoms with Crippen molar-refractivity contribution in [2.45, 2.75) is 44.7 Å². The molecule has 2 N–H and O–H groups in total. The van der Waals surface area contributed by atoms with Crippen molar-refractivity contribution in [1.82, 2.24) is 15.3 Å². The maximum atomic E-state index is 12.2. The van der Waals surface area contributed by atoms with Gasteiger partial charge in [-0.3, -0.25) is 4.79 Å². The SMILES string of the molecule is O=C(NCc1ccccc1Cl)c1cnc(NC2CCCCC2)nc1. The van der Waals surface area contributed by atoms with Crippen LogP contribution < -0.4 is 10.6 Å². The molecule has 1 aliphatic carbocycles. The molecule has 0 saturated heterocycles. The summed E-state index contributed by atoms with van der Waals surface area (Å²) in [5, 5.41) is 6.81. The Morgan fingerprint density at radius 3 is 2.54 bits per heavy atom. The van der Waals surface area contributed by atoms with Gasteiger partial charge in [0, 0.05) is 30.0 Å². The van der Waals surface area contributed by atoms with Crippen molar-refractivity contribution < 1.29 is 4.79 Å². The zero-order valence-corrected chi connectivity index (χ0v) is 14.2. The number of benzene rings is 1. The molecule has 5 nitrogen and oxygen atoms in total. The van der Waals surface area contributed by atoms with Crippen molar-refractivity contribution in [1.29, 1.82) is 0 Å². The number of amides is 1. The molecule has 2 aromatic rings. The average Bonchev–Trinajstić information content (AvgIpc) is 2.62. The first-order chi connectivity index (χ1) is 11.7. The van der Waals surface area contributed by atoms with E-state index in [4.69, 9.17) is 11.6 Å². The van der Waals surface area contributed by atoms with Crippen molar-refractivity contribution in [3.05, 3.63) is 52.8 Å². The Morgan fingerprint density at radius 2 is 1.83 bits per heavy atom. The van der Waals surface area contributed by atoms with Crippen LogP contribution in [0.25, 0.3) is 0 Å². The molecule has 1 fully saturated rings. The van der Waals surface area contributed by atoms with E-state index in [1.165, 1.54) is 19.3 Å². The van der Waals surface area contributed by atoms with Crippen LogP contribution in [0.5, 0.6) is 0 Å². The van der Waals surface area contributed by atoms with Crippen LogP contribution in [0.2, 0.25) is 5.02 Å². The van der Waals surface area contributed by atoms with Crippen molar-refractivity contribution >= 4 is 23.5 Å². The van der Waals surface area contributed by atoms with Crippen molar-refractivity contribution in [3.8, 4) is 0 Å². The Bertz CT molecular complexity index is 684. The number of anilines is 1. The normalized spacial score (nSPS) is 15.0. The summed E-state index contributed by atoms with van der Waals surface area (Å²) in [6.07, 6.45) is 9.23. The van der Waals surface area contributed by atoms with Crippen LogP contribution in [-0.4, -0.2) is 21.9 Å². The molecule has 0 spiro atoms. The Hall–Kier alpha value is -2.14. The van der Waals surface area contributed by atoms with E-state index in [1.54, 1.807) is 18.5 Å². The summed E-state index contributed by atoms with van der Waals surface area (Å²) in [7, 11) is 0. The van der Waals surface area contributed by atoms with Crippen LogP contribution >= 0.6 is 11.6 Å². The van der Waals surface area contributed by atoms with Crippen molar-refractivity contribution in [3.63, 3.8) is 0 Å². The monoisotopic (exact) mass is 344 g/mol. The molecular formula is C18H21ClN4O. The zero-order chi connectivity index (χ0) is 16.8. The first-order valence-corrected chi connectivity index (χ1v) is 8.70. The number of hydrogen-bond acceptors (Lipinski definition) is 4. The Kier molecular flexibility index (Phi) is 5.64. The van der Waals surface area contributed by atoms with E-state index < -0.39 is 0 Å². The van der Waals surface area contributed by atoms with E-state index in [2.05, 4.69) is 20.6 Å². The molecule has 0 unspecified atom stereocenters. The van der Waals surface area contributed by atoms with Gasteiger partial charge in [0.1, 0.15) is 0 Å². The van der Waals surface area contributed by atoms with Crippen LogP contribution in [0, 0.1) is 0 Å². The van der Waals surface area contributed by atoms with Gasteiger partial charge in [-0.25, -0.2) is 9.97 Å². The fraction of sp³-hybridized carbons (Fsp3) is 0.389. The molecule has 24 heavy (non-hydrogen) atoms. The van der Waals surface area contributed by atoms with Gasteiger partial charge in [-0.1, -0.05) is 49.1 Å². The average molecular weight is 345 g/mol. The van der Waals surface area contributed by atoms with Crippen LogP contribution in [-0.2, 0) is 6.54 Å². The summed E-state index contributed by atoms with van der Waals surface area (Å²) in [6, 6.07) is 7.88. The van der Waals surface area contributed by atoms with Gasteiger partial charge >= 0.3 is 0 Å². The van der Waals surface area contributed by atoms with Gasteiger partial charge in [0.2, 0.25) is 5.95 Å². The molecule has 1 aromatic carbocycles. The van der Waals surface area contributed by atoms with Gasteiger partial charge in [-0.15, -0.1) is 0 Å². The lowest BCUT2D eigenvalue weighted by Gasteiger charge is -2.22. The molecule has 1 aliphatic rings. The van der Waals surface area contributed by atoms with Crippen LogP contribution in [0.1, 0.15) is 48.0 Å². The minimum absolute atomic E-state index is 0.209. The Labute approximate surface area is 146 Å². The van der Waals surface area contributed by atoms with Gasteiger partial charge in [-0.2, -0.15) is 0 Å². The molecule has 6 heteroatoms. The van der Waals surface area contributed by atoms with Crippen molar-refractivity contribution in [2.75, 3.05) is 5.32 Å². The van der Waals surface area contributed by atoms with Crippen LogP contribution in [0.4, 0.5) is 5.95 Å². The van der Waals surface area contributed by atoms with Crippen molar-refractivity contribution in [2.24, 2.45) is 0 Å². The number of rotatable bonds is 5. The maximum absolute atomic E-state index is 12.2. The third-order valence-corrected chi connectivity index (χ3v) is 4.62. The van der Waals surface area contributed by atoms with E-state index >= 15 is 0 Å². The predicted molar refractivity (Wildman–Crippen MR) is 95.1 cm³/mol. The Morgan fingerprint density at radius 1 is 1.12 bits per heavy atom. The highest BCUT2D eigenvalue weighted by atomic mass is 35.5. The van der Waals surface area contributed by atoms with Gasteiger partial charge in [0.25, 0.3) is 5.91 Å². The number of carbonyl (C=O) groups is 1. The van der Waals surface area contributed by atoms with Crippen LogP contribution in [0.3, 0.4) is 0 Å². The molecule has 1 heterocycles. The molecule has 3 rings (SSSR count). The number of halogens is 1. The standard InChI is InChI=1S/C18H21ClN4O/c19-16-9-5-4-6-13(16)10-20-17(24)14-11-21-18(22-12-14)23-15-7-2-1-3-8-15/h4-6,9,11-12,15H,1-3,7-8,10H2,(H,20,24)(H,21,22,23). The van der Waals surface area contributed by atoms with E-state index in [9.17, 15) is 4.79 Å². The number of aromatic nitrogens is 2. The quantitative estimate of drug-likeness (QED) is 0.865. The molecule has 1 amide bonds. The summed E-state index contributed by atoms with van der Waals surface area (Å²) in [4.78, 5) is 20.7. The fourth-order valence-corrected chi connectivity index (χ4v) is 3.07. The third-order valence-electron chi connectivity index (χ3n) is 4.25. The van der Waals surface area contributed by atoms with E-state index in [0.717, 1.165) is 18.4 Å². The first kappa shape index (κ1) is 16.7. The van der Waals surface area contributed by atoms with E-state index in [-0.39, 0.29) is 5.91 Å². The smallest absolute Gasteiger partial charge is 0.254 e. The summed E-state index contributed by atoms with van der Waals surface area (Å²) in [5.74, 6) is 0.378. The topological polar surface area (TPSA) is 66.9 Å². The summed E-state index contributed by atoms with van der Waals surface area (Å²) in [6.45, 7) is 0.376. The number of nitrogens with zero attached hydrogens (tertiary/aromatic N) is 2. The number of nitrogens with one attached hydrogen (secondary N) is 2. The van der Waals surface area contributed by atoms with Gasteiger partial charge in [0.05, 0.1) is 5.56 Å². The number of hydrogen-bond donors (Lipinski definition) is 2. The van der Waals surface area contributed by atoms with E-state index in [1.807, 2.05) is 18.2 Å². The molecule has 1 aromatic heterocycles. The summed E-state index contributed by atoms with van der Waals surface area (Å²) in [5.41, 5.74) is 1.32. The summed E-state index contributed by atoms with van der Waals surface area (Å²) >= 11 is 6.08. The zero-order valence-electron chi connectivity index (χ0n) is 13.5. The maximum Gasteiger partial charge on any atom is 0.254 e. The van der Waals surface area contributed by atoms with Crippen LogP contribution in [0.15, 0.2) is 36.7 Å². The van der Waals surface area contributed by atoms with E-state index in [0.29, 0.717) is 29.1 Å². The fourth-order valence-electron chi connectivity index (χ4n) is 2.87. The second-order valence-corrected chi connectivity index (χ2v) is 6.46. The third kappa shape index (κ3) is 4.45.